The van der Waals surface area contributed by atoms with E-state index in [1.165, 1.54) is 0 Å². The number of hydrogen-bond donors (Lipinski definition) is 12. The van der Waals surface area contributed by atoms with Gasteiger partial charge in [0.25, 0.3) is 0 Å². The van der Waals surface area contributed by atoms with Gasteiger partial charge in [0.15, 0.2) is 0 Å². The maximum Gasteiger partial charge on any atom is 0.503 e. The molecule has 1 rings (SSSR count). The van der Waals surface area contributed by atoms with Crippen LogP contribution in [0.25, 0.3) is 0 Å². The molecule has 0 bridgehead atoms. The van der Waals surface area contributed by atoms with Crippen molar-refractivity contribution in [3.63, 3.8) is 0 Å². The first kappa shape index (κ1) is 39.8. The van der Waals surface area contributed by atoms with Crippen LogP contribution in [-0.4, -0.2) is 98.2 Å². The minimum absolute atomic E-state index is 1.83. The molecule has 0 aromatic heterocycles. The molecule has 0 heterocycles. The minimum atomic E-state index is -1.83. The molecular formula is C12H18O18. The second-order valence-electron chi connectivity index (χ2n) is 2.85. The Morgan fingerprint density at radius 3 is 0.333 bits per heavy atom. The largest absolute Gasteiger partial charge is 0.503 e. The van der Waals surface area contributed by atoms with Crippen molar-refractivity contribution in [1.82, 2.24) is 0 Å². The molecular weight excluding hydrogens is 432 g/mol. The Kier molecular flexibility index (Phi) is 46.5. The Morgan fingerprint density at radius 2 is 0.300 bits per heavy atom. The molecule has 0 unspecified atom stereocenters. The van der Waals surface area contributed by atoms with E-state index in [0.29, 0.717) is 0 Å². The van der Waals surface area contributed by atoms with Crippen LogP contribution in [0, 0.1) is 0 Å². The summed E-state index contributed by atoms with van der Waals surface area (Å²) < 4.78 is 0. The fourth-order valence-corrected chi connectivity index (χ4v) is 0.385. The molecule has 12 N–H and O–H groups in total. The lowest BCUT2D eigenvalue weighted by molar-refractivity contribution is 0.135. The first-order valence-corrected chi connectivity index (χ1v) is 5.91. The fourth-order valence-electron chi connectivity index (χ4n) is 0.385. The van der Waals surface area contributed by atoms with Crippen molar-refractivity contribution in [3.05, 3.63) is 36.4 Å². The normalized spacial score (nSPS) is 6.40. The standard InChI is InChI=1S/C6H6.6CH2O3/c1-2-4-6-5-3-1;6*2-1(3)4/h1-6H;6*(H2,2,3,4). The zero-order chi connectivity index (χ0) is 25.7. The van der Waals surface area contributed by atoms with E-state index in [0.717, 1.165) is 0 Å². The van der Waals surface area contributed by atoms with Crippen LogP contribution < -0.4 is 0 Å². The first-order chi connectivity index (χ1) is 13.4. The second kappa shape index (κ2) is 35.0. The van der Waals surface area contributed by atoms with Crippen LogP contribution in [0.2, 0.25) is 0 Å². The molecule has 0 aliphatic rings. The van der Waals surface area contributed by atoms with E-state index in [-0.39, 0.29) is 0 Å². The maximum atomic E-state index is 8.56. The zero-order valence-electron chi connectivity index (χ0n) is 14.3. The summed E-state index contributed by atoms with van der Waals surface area (Å²) in [6, 6.07) is 12.0. The van der Waals surface area contributed by atoms with E-state index in [9.17, 15) is 0 Å². The Hall–Kier alpha value is -5.16. The van der Waals surface area contributed by atoms with Crippen molar-refractivity contribution in [2.24, 2.45) is 0 Å². The molecule has 0 radical (unpaired) electrons. The Labute approximate surface area is 164 Å². The summed E-state index contributed by atoms with van der Waals surface area (Å²) in [4.78, 5) is 51.3. The molecule has 1 aromatic rings. The number of rotatable bonds is 0. The topological polar surface area (TPSA) is 345 Å². The van der Waals surface area contributed by atoms with Gasteiger partial charge in [0.1, 0.15) is 0 Å². The molecule has 0 fully saturated rings. The lowest BCUT2D eigenvalue weighted by atomic mass is 10.4. The fraction of sp³-hybridized carbons (Fsp3) is 0. The van der Waals surface area contributed by atoms with Gasteiger partial charge in [-0.05, 0) is 0 Å². The molecule has 0 amide bonds. The smallest absolute Gasteiger partial charge is 0.450 e. The van der Waals surface area contributed by atoms with E-state index < -0.39 is 36.9 Å². The average molecular weight is 450 g/mol. The van der Waals surface area contributed by atoms with Crippen LogP contribution in [0.1, 0.15) is 0 Å². The average Bonchev–Trinajstić information content (AvgIpc) is 2.45. The van der Waals surface area contributed by atoms with E-state index in [1.807, 2.05) is 36.4 Å². The van der Waals surface area contributed by atoms with Gasteiger partial charge in [0.2, 0.25) is 0 Å². The predicted octanol–water partition coefficient (Wildman–Crippen LogP) is 3.02. The van der Waals surface area contributed by atoms with Crippen molar-refractivity contribution in [2.75, 3.05) is 0 Å². The summed E-state index contributed by atoms with van der Waals surface area (Å²) in [5, 5.41) is 83.7. The van der Waals surface area contributed by atoms with Gasteiger partial charge in [-0.1, -0.05) is 36.4 Å². The van der Waals surface area contributed by atoms with Gasteiger partial charge >= 0.3 is 36.9 Å². The number of benzene rings is 1. The highest BCUT2D eigenvalue weighted by Gasteiger charge is 1.72. The minimum Gasteiger partial charge on any atom is -0.450 e. The molecule has 18 nitrogen and oxygen atoms in total. The van der Waals surface area contributed by atoms with Gasteiger partial charge < -0.3 is 61.3 Å². The Bertz CT molecular complexity index is 424. The van der Waals surface area contributed by atoms with Crippen LogP contribution in [-0.2, 0) is 0 Å². The zero-order valence-corrected chi connectivity index (χ0v) is 14.3. The highest BCUT2D eigenvalue weighted by molar-refractivity contribution is 5.54. The summed E-state index contributed by atoms with van der Waals surface area (Å²) >= 11 is 0. The van der Waals surface area contributed by atoms with Crippen LogP contribution in [0.4, 0.5) is 28.8 Å². The summed E-state index contributed by atoms with van der Waals surface area (Å²) in [7, 11) is 0. The van der Waals surface area contributed by atoms with Gasteiger partial charge in [-0.3, -0.25) is 0 Å². The molecule has 1 aromatic carbocycles. The Morgan fingerprint density at radius 1 is 0.267 bits per heavy atom. The highest BCUT2D eigenvalue weighted by Crippen LogP contribution is 1.79. The number of hydrogen-bond acceptors (Lipinski definition) is 6. The van der Waals surface area contributed by atoms with Gasteiger partial charge in [-0.25, -0.2) is 28.8 Å². The van der Waals surface area contributed by atoms with Gasteiger partial charge in [0, 0.05) is 0 Å². The molecule has 18 heteroatoms. The van der Waals surface area contributed by atoms with Crippen molar-refractivity contribution in [2.45, 2.75) is 0 Å². The van der Waals surface area contributed by atoms with E-state index in [2.05, 4.69) is 0 Å². The van der Waals surface area contributed by atoms with Gasteiger partial charge in [-0.15, -0.1) is 0 Å². The quantitative estimate of drug-likeness (QED) is 0.270. The monoisotopic (exact) mass is 450 g/mol. The third-order valence-corrected chi connectivity index (χ3v) is 0.667. The summed E-state index contributed by atoms with van der Waals surface area (Å²) in [6.07, 6.45) is -11.0. The molecule has 0 atom stereocenters. The second-order valence-corrected chi connectivity index (χ2v) is 2.85. The van der Waals surface area contributed by atoms with Crippen LogP contribution in [0.15, 0.2) is 36.4 Å². The van der Waals surface area contributed by atoms with Crippen LogP contribution in [0.5, 0.6) is 0 Å². The third-order valence-electron chi connectivity index (χ3n) is 0.667. The molecule has 0 saturated carbocycles. The van der Waals surface area contributed by atoms with Gasteiger partial charge in [-0.2, -0.15) is 0 Å². The first-order valence-electron chi connectivity index (χ1n) is 5.91. The Balaban J connectivity index is -0.0000000565. The molecule has 30 heavy (non-hydrogen) atoms. The van der Waals surface area contributed by atoms with E-state index >= 15 is 0 Å². The molecule has 0 spiro atoms. The third kappa shape index (κ3) is 15400. The highest BCUT2D eigenvalue weighted by atomic mass is 16.6. The van der Waals surface area contributed by atoms with Crippen LogP contribution in [0.3, 0.4) is 0 Å². The number of carbonyl (C=O) groups is 6. The maximum absolute atomic E-state index is 8.56. The van der Waals surface area contributed by atoms with Crippen molar-refractivity contribution in [3.8, 4) is 0 Å². The van der Waals surface area contributed by atoms with E-state index in [1.54, 1.807) is 0 Å². The van der Waals surface area contributed by atoms with Crippen molar-refractivity contribution >= 4 is 36.9 Å². The van der Waals surface area contributed by atoms with Crippen molar-refractivity contribution in [1.29, 1.82) is 0 Å². The molecule has 0 aliphatic carbocycles. The number of carboxylic acid groups (broad SMARTS) is 12. The SMILES string of the molecule is O=C(O)O.O=C(O)O.O=C(O)O.O=C(O)O.O=C(O)O.O=C(O)O.c1ccccc1. The van der Waals surface area contributed by atoms with Crippen molar-refractivity contribution < 1.29 is 90.0 Å². The van der Waals surface area contributed by atoms with E-state index in [4.69, 9.17) is 90.0 Å². The summed E-state index contributed by atoms with van der Waals surface area (Å²) in [5.74, 6) is 0. The summed E-state index contributed by atoms with van der Waals surface area (Å²) in [6.45, 7) is 0. The van der Waals surface area contributed by atoms with Gasteiger partial charge in [0.05, 0.1) is 0 Å². The lowest BCUT2D eigenvalue weighted by Crippen LogP contribution is -1.81. The van der Waals surface area contributed by atoms with Crippen LogP contribution >= 0.6 is 0 Å². The lowest BCUT2D eigenvalue weighted by Gasteiger charge is -1.69. The summed E-state index contributed by atoms with van der Waals surface area (Å²) in [5.41, 5.74) is 0. The molecule has 0 aliphatic heterocycles. The molecule has 174 valence electrons. The molecule has 0 saturated heterocycles. The predicted molar refractivity (Wildman–Crippen MR) is 90.4 cm³/mol.